The zero-order chi connectivity index (χ0) is 24.2. The largest absolute Gasteiger partial charge is 0.490 e. The minimum Gasteiger partial charge on any atom is -0.490 e. The number of benzene rings is 3. The third-order valence-electron chi connectivity index (χ3n) is 7.56. The van der Waals surface area contributed by atoms with Crippen LogP contribution in [0.2, 0.25) is 0 Å². The lowest BCUT2D eigenvalue weighted by Gasteiger charge is -2.26. The molecule has 2 atom stereocenters. The molecule has 0 bridgehead atoms. The van der Waals surface area contributed by atoms with Crippen LogP contribution in [0.4, 0.5) is 5.69 Å². The number of anilines is 1. The molecule has 1 saturated heterocycles. The SMILES string of the molecule is C[C@@H](N[C@H]1CCN(c2ccc(OC3CCCCC3)c(CC(=O)O)c2)C1)c1cccc2ccccc12. The summed E-state index contributed by atoms with van der Waals surface area (Å²) in [6.07, 6.45) is 7.02. The van der Waals surface area contributed by atoms with Crippen molar-refractivity contribution in [2.45, 2.75) is 70.1 Å². The van der Waals surface area contributed by atoms with Crippen LogP contribution in [-0.4, -0.2) is 36.3 Å². The van der Waals surface area contributed by atoms with Gasteiger partial charge in [0.2, 0.25) is 0 Å². The second-order valence-corrected chi connectivity index (χ2v) is 10.1. The van der Waals surface area contributed by atoms with E-state index in [9.17, 15) is 9.90 Å². The summed E-state index contributed by atoms with van der Waals surface area (Å²) in [5, 5.41) is 15.9. The number of hydrogen-bond donors (Lipinski definition) is 2. The third kappa shape index (κ3) is 5.62. The number of nitrogens with one attached hydrogen (secondary N) is 1. The third-order valence-corrected chi connectivity index (χ3v) is 7.56. The monoisotopic (exact) mass is 472 g/mol. The fourth-order valence-corrected chi connectivity index (χ4v) is 5.74. The van der Waals surface area contributed by atoms with Crippen molar-refractivity contribution in [1.82, 2.24) is 5.32 Å². The maximum Gasteiger partial charge on any atom is 0.307 e. The van der Waals surface area contributed by atoms with E-state index < -0.39 is 5.97 Å². The topological polar surface area (TPSA) is 61.8 Å². The number of carbonyl (C=O) groups is 1. The standard InChI is InChI=1S/C30H36N2O3/c1-21(27-13-7-9-22-8-5-6-12-28(22)27)31-24-16-17-32(20-24)25-14-15-29(23(18-25)19-30(33)34)35-26-10-3-2-4-11-26/h5-9,12-15,18,21,24,26,31H,2-4,10-11,16-17,19-20H2,1H3,(H,33,34)/t21-,24+/m1/s1. The van der Waals surface area contributed by atoms with E-state index in [1.165, 1.54) is 35.6 Å². The molecule has 5 nitrogen and oxygen atoms in total. The maximum absolute atomic E-state index is 11.6. The molecule has 0 radical (unpaired) electrons. The van der Waals surface area contributed by atoms with Gasteiger partial charge in [-0.25, -0.2) is 0 Å². The molecule has 3 aromatic rings. The van der Waals surface area contributed by atoms with Crippen molar-refractivity contribution in [2.75, 3.05) is 18.0 Å². The molecule has 1 aliphatic carbocycles. The number of ether oxygens (including phenoxy) is 1. The zero-order valence-corrected chi connectivity index (χ0v) is 20.6. The van der Waals surface area contributed by atoms with Gasteiger partial charge in [0.05, 0.1) is 12.5 Å². The van der Waals surface area contributed by atoms with E-state index in [2.05, 4.69) is 65.7 Å². The van der Waals surface area contributed by atoms with Crippen molar-refractivity contribution in [3.63, 3.8) is 0 Å². The summed E-state index contributed by atoms with van der Waals surface area (Å²) >= 11 is 0. The Morgan fingerprint density at radius 3 is 2.69 bits per heavy atom. The van der Waals surface area contributed by atoms with E-state index in [0.717, 1.165) is 49.4 Å². The van der Waals surface area contributed by atoms with Crippen LogP contribution in [0.1, 0.15) is 62.6 Å². The first kappa shape index (κ1) is 23.7. The Balaban J connectivity index is 1.27. The molecule has 1 heterocycles. The van der Waals surface area contributed by atoms with Crippen LogP contribution in [-0.2, 0) is 11.2 Å². The second kappa shape index (κ2) is 10.7. The van der Waals surface area contributed by atoms with Crippen LogP contribution < -0.4 is 15.0 Å². The van der Waals surface area contributed by atoms with E-state index in [-0.39, 0.29) is 18.6 Å². The summed E-state index contributed by atoms with van der Waals surface area (Å²) in [4.78, 5) is 13.9. The van der Waals surface area contributed by atoms with Gasteiger partial charge in [0.25, 0.3) is 0 Å². The molecular formula is C30H36N2O3. The minimum absolute atomic E-state index is 0.0104. The lowest BCUT2D eigenvalue weighted by molar-refractivity contribution is -0.136. The van der Waals surface area contributed by atoms with Crippen molar-refractivity contribution in [1.29, 1.82) is 0 Å². The second-order valence-electron chi connectivity index (χ2n) is 10.1. The minimum atomic E-state index is -0.819. The van der Waals surface area contributed by atoms with Crippen LogP contribution in [0.3, 0.4) is 0 Å². The van der Waals surface area contributed by atoms with Gasteiger partial charge in [-0.3, -0.25) is 4.79 Å². The number of nitrogens with zero attached hydrogens (tertiary/aromatic N) is 1. The van der Waals surface area contributed by atoms with Gasteiger partial charge in [-0.1, -0.05) is 48.9 Å². The summed E-state index contributed by atoms with van der Waals surface area (Å²) in [5.41, 5.74) is 3.19. The summed E-state index contributed by atoms with van der Waals surface area (Å²) in [6, 6.07) is 21.8. The van der Waals surface area contributed by atoms with Gasteiger partial charge in [-0.15, -0.1) is 0 Å². The summed E-state index contributed by atoms with van der Waals surface area (Å²) in [6.45, 7) is 4.10. The number of aliphatic carboxylic acids is 1. The fourth-order valence-electron chi connectivity index (χ4n) is 5.74. The predicted octanol–water partition coefficient (Wildman–Crippen LogP) is 6.11. The molecule has 0 aromatic heterocycles. The zero-order valence-electron chi connectivity index (χ0n) is 20.6. The van der Waals surface area contributed by atoms with Crippen molar-refractivity contribution in [2.24, 2.45) is 0 Å². The van der Waals surface area contributed by atoms with Gasteiger partial charge < -0.3 is 20.1 Å². The number of carboxylic acid groups (broad SMARTS) is 1. The molecule has 35 heavy (non-hydrogen) atoms. The lowest BCUT2D eigenvalue weighted by Crippen LogP contribution is -2.34. The highest BCUT2D eigenvalue weighted by molar-refractivity contribution is 5.86. The van der Waals surface area contributed by atoms with Crippen LogP contribution in [0.15, 0.2) is 60.7 Å². The van der Waals surface area contributed by atoms with E-state index in [0.29, 0.717) is 6.04 Å². The Morgan fingerprint density at radius 1 is 1.06 bits per heavy atom. The summed E-state index contributed by atoms with van der Waals surface area (Å²) in [5.74, 6) is -0.0815. The molecule has 184 valence electrons. The molecule has 2 N–H and O–H groups in total. The van der Waals surface area contributed by atoms with Gasteiger partial charge in [0.15, 0.2) is 0 Å². The van der Waals surface area contributed by atoms with Crippen molar-refractivity contribution < 1.29 is 14.6 Å². The Labute approximate surface area is 208 Å². The van der Waals surface area contributed by atoms with Crippen LogP contribution >= 0.6 is 0 Å². The maximum atomic E-state index is 11.6. The van der Waals surface area contributed by atoms with Gasteiger partial charge in [-0.2, -0.15) is 0 Å². The molecule has 1 saturated carbocycles. The Morgan fingerprint density at radius 2 is 1.86 bits per heavy atom. The number of carboxylic acids is 1. The Bertz CT molecular complexity index is 1170. The number of hydrogen-bond acceptors (Lipinski definition) is 4. The van der Waals surface area contributed by atoms with Gasteiger partial charge in [0.1, 0.15) is 5.75 Å². The highest BCUT2D eigenvalue weighted by Gasteiger charge is 2.26. The summed E-state index contributed by atoms with van der Waals surface area (Å²) < 4.78 is 6.27. The van der Waals surface area contributed by atoms with Crippen molar-refractivity contribution in [3.05, 3.63) is 71.8 Å². The van der Waals surface area contributed by atoms with Gasteiger partial charge in [-0.05, 0) is 73.6 Å². The molecule has 2 aliphatic rings. The average Bonchev–Trinajstić information content (AvgIpc) is 3.33. The van der Waals surface area contributed by atoms with Crippen molar-refractivity contribution >= 4 is 22.4 Å². The van der Waals surface area contributed by atoms with Gasteiger partial charge in [0, 0.05) is 36.4 Å². The average molecular weight is 473 g/mol. The van der Waals surface area contributed by atoms with Crippen LogP contribution in [0.5, 0.6) is 5.75 Å². The van der Waals surface area contributed by atoms with Gasteiger partial charge >= 0.3 is 5.97 Å². The van der Waals surface area contributed by atoms with E-state index in [1.807, 2.05) is 12.1 Å². The Hall–Kier alpha value is -3.05. The summed E-state index contributed by atoms with van der Waals surface area (Å²) in [7, 11) is 0. The fraction of sp³-hybridized carbons (Fsp3) is 0.433. The molecule has 2 fully saturated rings. The highest BCUT2D eigenvalue weighted by atomic mass is 16.5. The quantitative estimate of drug-likeness (QED) is 0.414. The molecular weight excluding hydrogens is 436 g/mol. The van der Waals surface area contributed by atoms with Crippen LogP contribution in [0, 0.1) is 0 Å². The molecule has 1 aliphatic heterocycles. The number of fused-ring (bicyclic) bond motifs is 1. The molecule has 5 rings (SSSR count). The molecule has 5 heteroatoms. The normalized spacial score (nSPS) is 19.7. The first-order chi connectivity index (χ1) is 17.1. The molecule has 0 amide bonds. The lowest BCUT2D eigenvalue weighted by atomic mass is 9.97. The van der Waals surface area contributed by atoms with E-state index in [1.54, 1.807) is 0 Å². The molecule has 0 spiro atoms. The number of rotatable bonds is 8. The first-order valence-electron chi connectivity index (χ1n) is 13.1. The Kier molecular flexibility index (Phi) is 7.24. The van der Waals surface area contributed by atoms with E-state index in [4.69, 9.17) is 4.74 Å². The smallest absolute Gasteiger partial charge is 0.307 e. The molecule has 0 unspecified atom stereocenters. The van der Waals surface area contributed by atoms with Crippen LogP contribution in [0.25, 0.3) is 10.8 Å². The first-order valence-corrected chi connectivity index (χ1v) is 13.1. The van der Waals surface area contributed by atoms with E-state index >= 15 is 0 Å². The molecule has 3 aromatic carbocycles. The predicted molar refractivity (Wildman–Crippen MR) is 141 cm³/mol. The van der Waals surface area contributed by atoms with Crippen molar-refractivity contribution in [3.8, 4) is 5.75 Å². The highest BCUT2D eigenvalue weighted by Crippen LogP contribution is 2.32.